The third-order valence-corrected chi connectivity index (χ3v) is 9.16. The van der Waals surface area contributed by atoms with Crippen molar-refractivity contribution in [2.24, 2.45) is 0 Å². The van der Waals surface area contributed by atoms with Crippen LogP contribution >= 0.6 is 12.2 Å². The van der Waals surface area contributed by atoms with Gasteiger partial charge < -0.3 is 10.0 Å². The van der Waals surface area contributed by atoms with E-state index < -0.39 is 33.7 Å². The fourth-order valence-electron chi connectivity index (χ4n) is 4.53. The Hall–Kier alpha value is -2.60. The van der Waals surface area contributed by atoms with Gasteiger partial charge in [-0.15, -0.1) is 0 Å². The molecule has 0 aromatic heterocycles. The third-order valence-electron chi connectivity index (χ3n) is 6.70. The zero-order chi connectivity index (χ0) is 27.0. The van der Waals surface area contributed by atoms with E-state index in [9.17, 15) is 31.1 Å². The molecule has 1 fully saturated rings. The monoisotopic (exact) mass is 554 g/mol. The van der Waals surface area contributed by atoms with Crippen LogP contribution in [0.5, 0.6) is 0 Å². The zero-order valence-electron chi connectivity index (χ0n) is 20.0. The fourth-order valence-corrected chi connectivity index (χ4v) is 6.60. The van der Waals surface area contributed by atoms with Crippen LogP contribution in [0.2, 0.25) is 0 Å². The van der Waals surface area contributed by atoms with E-state index >= 15 is 0 Å². The minimum Gasteiger partial charge on any atom is -0.376 e. The molecule has 11 heteroatoms. The maximum absolute atomic E-state index is 13.9. The summed E-state index contributed by atoms with van der Waals surface area (Å²) in [4.78, 5) is 2.32. The highest BCUT2D eigenvalue weighted by Gasteiger charge is 2.51. The number of thiocarbonyl (C=S) groups is 1. The Kier molecular flexibility index (Phi) is 7.62. The summed E-state index contributed by atoms with van der Waals surface area (Å²) in [6.45, 7) is 1.15. The van der Waals surface area contributed by atoms with Crippen LogP contribution in [0.25, 0.3) is 0 Å². The van der Waals surface area contributed by atoms with E-state index in [-0.39, 0.29) is 30.1 Å². The van der Waals surface area contributed by atoms with Crippen LogP contribution in [0.15, 0.2) is 71.7 Å². The Balaban J connectivity index is 1.65. The number of alkyl halides is 3. The number of aliphatic hydroxyl groups is 1. The van der Waals surface area contributed by atoms with Gasteiger partial charge in [-0.1, -0.05) is 48.6 Å². The highest BCUT2D eigenvalue weighted by molar-refractivity contribution is 7.96. The molecule has 0 spiro atoms. The molecular formula is C26H26F4N2O3S2. The third kappa shape index (κ3) is 5.64. The fraction of sp³-hybridized carbons (Fsp3) is 0.346. The van der Waals surface area contributed by atoms with Crippen LogP contribution in [-0.4, -0.2) is 54.5 Å². The van der Waals surface area contributed by atoms with Crippen LogP contribution in [0.4, 0.5) is 23.2 Å². The smallest absolute Gasteiger partial charge is 0.376 e. The average Bonchev–Trinajstić information content (AvgIpc) is 2.83. The van der Waals surface area contributed by atoms with E-state index in [1.54, 1.807) is 24.3 Å². The lowest BCUT2D eigenvalue weighted by atomic mass is 9.94. The van der Waals surface area contributed by atoms with Gasteiger partial charge in [-0.2, -0.15) is 17.5 Å². The van der Waals surface area contributed by atoms with Crippen molar-refractivity contribution in [3.05, 3.63) is 88.6 Å². The van der Waals surface area contributed by atoms with E-state index in [4.69, 9.17) is 12.2 Å². The van der Waals surface area contributed by atoms with Crippen molar-refractivity contribution in [3.8, 4) is 0 Å². The summed E-state index contributed by atoms with van der Waals surface area (Å²) in [5.74, 6) is -0.424. The lowest BCUT2D eigenvalue weighted by Gasteiger charge is -2.43. The average molecular weight is 555 g/mol. The zero-order valence-corrected chi connectivity index (χ0v) is 21.6. The van der Waals surface area contributed by atoms with Gasteiger partial charge in [0.2, 0.25) is 10.0 Å². The summed E-state index contributed by atoms with van der Waals surface area (Å²) < 4.78 is 81.9. The first-order chi connectivity index (χ1) is 17.3. The molecule has 2 aromatic carbocycles. The standard InChI is InChI=1S/C26H26F4N2O3S2/c1-25(33,26(28,29)30)19-9-11-21(12-10-19)32-14-13-31(37(34,35)24-8-3-2-7-23(24)36)17-22(32)16-18-5-4-6-20(27)15-18/h2-6,8-12,15,22,33H,7,13-14,16-17H2,1H3/t22-,25?/m1/s1. The largest absolute Gasteiger partial charge is 0.421 e. The van der Waals surface area contributed by atoms with Crippen molar-refractivity contribution in [2.45, 2.75) is 37.6 Å². The van der Waals surface area contributed by atoms with Gasteiger partial charge in [-0.05, 0) is 54.8 Å². The summed E-state index contributed by atoms with van der Waals surface area (Å²) in [6.07, 6.45) is 0.737. The second-order valence-corrected chi connectivity index (χ2v) is 11.6. The first-order valence-corrected chi connectivity index (χ1v) is 13.5. The molecule has 2 aromatic rings. The molecular weight excluding hydrogens is 528 g/mol. The second kappa shape index (κ2) is 10.3. The quantitative estimate of drug-likeness (QED) is 0.408. The minimum absolute atomic E-state index is 0.0739. The van der Waals surface area contributed by atoms with Gasteiger partial charge in [-0.25, -0.2) is 12.8 Å². The van der Waals surface area contributed by atoms with Crippen molar-refractivity contribution in [1.29, 1.82) is 0 Å². The highest BCUT2D eigenvalue weighted by atomic mass is 32.2. The van der Waals surface area contributed by atoms with E-state index in [1.807, 2.05) is 4.90 Å². The number of rotatable bonds is 6. The van der Waals surface area contributed by atoms with Crippen molar-refractivity contribution < 1.29 is 31.1 Å². The van der Waals surface area contributed by atoms with Gasteiger partial charge in [0.05, 0.1) is 4.91 Å². The van der Waals surface area contributed by atoms with Gasteiger partial charge in [-0.3, -0.25) is 0 Å². The molecule has 0 radical (unpaired) electrons. The number of sulfonamides is 1. The second-order valence-electron chi connectivity index (χ2n) is 9.25. The molecule has 1 saturated heterocycles. The van der Waals surface area contributed by atoms with E-state index in [0.717, 1.165) is 0 Å². The van der Waals surface area contributed by atoms with E-state index in [0.29, 0.717) is 35.9 Å². The number of halogens is 4. The number of anilines is 1. The molecule has 0 amide bonds. The number of allylic oxidation sites excluding steroid dienone is 4. The molecule has 37 heavy (non-hydrogen) atoms. The van der Waals surface area contributed by atoms with Gasteiger partial charge in [0.25, 0.3) is 0 Å². The van der Waals surface area contributed by atoms with Crippen LogP contribution in [0, 0.1) is 5.82 Å². The lowest BCUT2D eigenvalue weighted by molar-refractivity contribution is -0.258. The number of hydrogen-bond donors (Lipinski definition) is 1. The topological polar surface area (TPSA) is 60.9 Å². The Labute approximate surface area is 218 Å². The highest BCUT2D eigenvalue weighted by Crippen LogP contribution is 2.39. The van der Waals surface area contributed by atoms with Gasteiger partial charge >= 0.3 is 6.18 Å². The lowest BCUT2D eigenvalue weighted by Crippen LogP contribution is -2.56. The Morgan fingerprint density at radius 2 is 1.81 bits per heavy atom. The van der Waals surface area contributed by atoms with Crippen LogP contribution < -0.4 is 4.90 Å². The summed E-state index contributed by atoms with van der Waals surface area (Å²) in [6, 6.07) is 10.9. The summed E-state index contributed by atoms with van der Waals surface area (Å²) in [5, 5.41) is 10.00. The molecule has 1 N–H and O–H groups in total. The molecule has 2 atom stereocenters. The Morgan fingerprint density at radius 1 is 1.11 bits per heavy atom. The molecule has 0 saturated carbocycles. The summed E-state index contributed by atoms with van der Waals surface area (Å²) >= 11 is 5.28. The molecule has 4 rings (SSSR count). The summed E-state index contributed by atoms with van der Waals surface area (Å²) in [7, 11) is -3.87. The van der Waals surface area contributed by atoms with Crippen LogP contribution in [0.3, 0.4) is 0 Å². The first kappa shape index (κ1) is 27.4. The van der Waals surface area contributed by atoms with Crippen molar-refractivity contribution in [2.75, 3.05) is 24.5 Å². The molecule has 1 aliphatic heterocycles. The molecule has 0 bridgehead atoms. The molecule has 1 unspecified atom stereocenters. The van der Waals surface area contributed by atoms with Crippen molar-refractivity contribution >= 4 is 32.8 Å². The minimum atomic E-state index is -4.85. The number of benzene rings is 2. The Bertz CT molecular complexity index is 1340. The van der Waals surface area contributed by atoms with Crippen molar-refractivity contribution in [3.63, 3.8) is 0 Å². The normalized spacial score (nSPS) is 21.0. The first-order valence-electron chi connectivity index (χ1n) is 11.6. The van der Waals surface area contributed by atoms with Gasteiger partial charge in [0, 0.05) is 42.6 Å². The molecule has 198 valence electrons. The molecule has 1 aliphatic carbocycles. The number of hydrogen-bond acceptors (Lipinski definition) is 5. The molecule has 5 nitrogen and oxygen atoms in total. The molecule has 2 aliphatic rings. The van der Waals surface area contributed by atoms with E-state index in [1.165, 1.54) is 46.8 Å². The van der Waals surface area contributed by atoms with Crippen LogP contribution in [0.1, 0.15) is 24.5 Å². The predicted octanol–water partition coefficient (Wildman–Crippen LogP) is 4.87. The predicted molar refractivity (Wildman–Crippen MR) is 138 cm³/mol. The maximum atomic E-state index is 13.9. The van der Waals surface area contributed by atoms with Crippen LogP contribution in [-0.2, 0) is 22.0 Å². The maximum Gasteiger partial charge on any atom is 0.421 e. The van der Waals surface area contributed by atoms with Crippen molar-refractivity contribution in [1.82, 2.24) is 4.31 Å². The summed E-state index contributed by atoms with van der Waals surface area (Å²) in [5.41, 5.74) is -2.10. The Morgan fingerprint density at radius 3 is 2.43 bits per heavy atom. The SMILES string of the molecule is CC(O)(c1ccc(N2CCN(S(=O)(=O)C3=CC=CCC3=S)C[C@H]2Cc2cccc(F)c2)cc1)C(F)(F)F. The molecule has 1 heterocycles. The van der Waals surface area contributed by atoms with E-state index in [2.05, 4.69) is 0 Å². The number of nitrogens with zero attached hydrogens (tertiary/aromatic N) is 2. The number of piperazine rings is 1. The van der Waals surface area contributed by atoms with Gasteiger partial charge in [0.15, 0.2) is 5.60 Å². The van der Waals surface area contributed by atoms with Gasteiger partial charge in [0.1, 0.15) is 5.82 Å².